The lowest BCUT2D eigenvalue weighted by molar-refractivity contribution is 0.0676. The summed E-state index contributed by atoms with van der Waals surface area (Å²) in [5.74, 6) is 0.660. The number of hydrogen-bond donors (Lipinski definition) is 1. The average molecular weight is 359 g/mol. The summed E-state index contributed by atoms with van der Waals surface area (Å²) < 4.78 is 7.36. The van der Waals surface area contributed by atoms with Crippen LogP contribution in [0.3, 0.4) is 0 Å². The first-order chi connectivity index (χ1) is 12.1. The van der Waals surface area contributed by atoms with E-state index in [4.69, 9.17) is 16.3 Å². The summed E-state index contributed by atoms with van der Waals surface area (Å²) in [5, 5.41) is 1.37. The fourth-order valence-corrected chi connectivity index (χ4v) is 4.00. The SMILES string of the molecule is CO[C@@H]1CC(c2ncc[nH]2)N(C(=O)c2c(Cl)c3ccccc3n2C)C1. The highest BCUT2D eigenvalue weighted by atomic mass is 35.5. The Morgan fingerprint density at radius 2 is 2.20 bits per heavy atom. The highest BCUT2D eigenvalue weighted by Crippen LogP contribution is 2.36. The summed E-state index contributed by atoms with van der Waals surface area (Å²) in [6.45, 7) is 0.512. The third-order valence-electron chi connectivity index (χ3n) is 4.94. The third kappa shape index (κ3) is 2.53. The van der Waals surface area contributed by atoms with Crippen molar-refractivity contribution in [2.75, 3.05) is 13.7 Å². The molecule has 1 aliphatic rings. The molecular formula is C18H19ClN4O2. The second kappa shape index (κ2) is 6.20. The number of aromatic nitrogens is 3. The molecule has 2 aromatic heterocycles. The zero-order chi connectivity index (χ0) is 17.6. The molecule has 0 radical (unpaired) electrons. The van der Waals surface area contributed by atoms with Gasteiger partial charge in [0.05, 0.1) is 17.2 Å². The number of likely N-dealkylation sites (tertiary alicyclic amines) is 1. The number of aromatic amines is 1. The number of halogens is 1. The van der Waals surface area contributed by atoms with E-state index >= 15 is 0 Å². The average Bonchev–Trinajstić information content (AvgIpc) is 3.34. The Balaban J connectivity index is 1.77. The van der Waals surface area contributed by atoms with Crippen molar-refractivity contribution in [2.45, 2.75) is 18.6 Å². The minimum Gasteiger partial charge on any atom is -0.380 e. The zero-order valence-electron chi connectivity index (χ0n) is 14.1. The van der Waals surface area contributed by atoms with Crippen LogP contribution in [0.5, 0.6) is 0 Å². The number of hydrogen-bond acceptors (Lipinski definition) is 3. The highest BCUT2D eigenvalue weighted by Gasteiger charge is 2.39. The summed E-state index contributed by atoms with van der Waals surface area (Å²) in [4.78, 5) is 22.6. The minimum absolute atomic E-state index is 0.0208. The number of imidazole rings is 1. The molecule has 25 heavy (non-hydrogen) atoms. The van der Waals surface area contributed by atoms with E-state index in [1.165, 1.54) is 0 Å². The topological polar surface area (TPSA) is 63.1 Å². The van der Waals surface area contributed by atoms with Crippen LogP contribution in [0, 0.1) is 0 Å². The molecule has 130 valence electrons. The summed E-state index contributed by atoms with van der Waals surface area (Å²) in [5.41, 5.74) is 1.43. The Kier molecular flexibility index (Phi) is 4.01. The molecule has 1 aliphatic heterocycles. The van der Waals surface area contributed by atoms with Crippen molar-refractivity contribution in [1.29, 1.82) is 0 Å². The summed E-state index contributed by atoms with van der Waals surface area (Å²) in [6, 6.07) is 7.60. The van der Waals surface area contributed by atoms with Crippen LogP contribution in [0.25, 0.3) is 10.9 Å². The van der Waals surface area contributed by atoms with Crippen molar-refractivity contribution in [3.63, 3.8) is 0 Å². The van der Waals surface area contributed by atoms with E-state index in [0.717, 1.165) is 16.7 Å². The first-order valence-corrected chi connectivity index (χ1v) is 8.55. The van der Waals surface area contributed by atoms with E-state index < -0.39 is 0 Å². The van der Waals surface area contributed by atoms with Crippen LogP contribution in [0.2, 0.25) is 5.02 Å². The van der Waals surface area contributed by atoms with Crippen molar-refractivity contribution >= 4 is 28.4 Å². The minimum atomic E-state index is -0.151. The van der Waals surface area contributed by atoms with Gasteiger partial charge in [-0.2, -0.15) is 0 Å². The number of aryl methyl sites for hydroxylation is 1. The number of carbonyl (C=O) groups excluding carboxylic acids is 1. The summed E-state index contributed by atoms with van der Waals surface area (Å²) in [7, 11) is 3.54. The largest absolute Gasteiger partial charge is 0.380 e. The lowest BCUT2D eigenvalue weighted by atomic mass is 10.2. The molecule has 1 amide bonds. The second-order valence-electron chi connectivity index (χ2n) is 6.28. The Morgan fingerprint density at radius 1 is 1.40 bits per heavy atom. The maximum atomic E-state index is 13.3. The lowest BCUT2D eigenvalue weighted by Crippen LogP contribution is -2.33. The van der Waals surface area contributed by atoms with E-state index in [-0.39, 0.29) is 18.1 Å². The monoisotopic (exact) mass is 358 g/mol. The van der Waals surface area contributed by atoms with Gasteiger partial charge in [-0.1, -0.05) is 29.8 Å². The predicted octanol–water partition coefficient (Wildman–Crippen LogP) is 3.16. The lowest BCUT2D eigenvalue weighted by Gasteiger charge is -2.23. The van der Waals surface area contributed by atoms with Crippen LogP contribution in [-0.4, -0.2) is 45.1 Å². The van der Waals surface area contributed by atoms with E-state index in [9.17, 15) is 4.79 Å². The van der Waals surface area contributed by atoms with Crippen molar-refractivity contribution in [3.8, 4) is 0 Å². The molecule has 0 aliphatic carbocycles. The van der Waals surface area contributed by atoms with Crippen LogP contribution >= 0.6 is 11.6 Å². The standard InChI is InChI=1S/C18H19ClN4O2/c1-22-13-6-4-3-5-12(13)15(19)16(22)18(24)23-10-11(25-2)9-14(23)17-20-7-8-21-17/h3-8,11,14H,9-10H2,1-2H3,(H,20,21)/t11-,14?/m1/s1. The van der Waals surface area contributed by atoms with Crippen LogP contribution in [0.4, 0.5) is 0 Å². The van der Waals surface area contributed by atoms with Crippen molar-refractivity contribution in [2.24, 2.45) is 7.05 Å². The molecule has 1 N–H and O–H groups in total. The second-order valence-corrected chi connectivity index (χ2v) is 6.66. The number of benzene rings is 1. The van der Waals surface area contributed by atoms with Gasteiger partial charge < -0.3 is 19.2 Å². The predicted molar refractivity (Wildman–Crippen MR) is 95.7 cm³/mol. The Bertz CT molecular complexity index is 880. The zero-order valence-corrected chi connectivity index (χ0v) is 14.8. The maximum absolute atomic E-state index is 13.3. The molecular weight excluding hydrogens is 340 g/mol. The molecule has 1 aromatic carbocycles. The van der Waals surface area contributed by atoms with Gasteiger partial charge in [-0.25, -0.2) is 4.98 Å². The first-order valence-electron chi connectivity index (χ1n) is 8.17. The van der Waals surface area contributed by atoms with Gasteiger partial charge in [0.15, 0.2) is 0 Å². The van der Waals surface area contributed by atoms with Gasteiger partial charge in [0.1, 0.15) is 11.5 Å². The summed E-state index contributed by atoms with van der Waals surface area (Å²) >= 11 is 6.56. The van der Waals surface area contributed by atoms with Crippen LogP contribution in [0.15, 0.2) is 36.7 Å². The molecule has 0 bridgehead atoms. The molecule has 4 rings (SSSR count). The van der Waals surface area contributed by atoms with Gasteiger partial charge in [0, 0.05) is 50.4 Å². The number of nitrogens with zero attached hydrogens (tertiary/aromatic N) is 3. The van der Waals surface area contributed by atoms with Gasteiger partial charge in [0.25, 0.3) is 5.91 Å². The van der Waals surface area contributed by atoms with Crippen molar-refractivity contribution in [3.05, 3.63) is 53.2 Å². The molecule has 1 saturated heterocycles. The Hall–Kier alpha value is -2.31. The number of para-hydroxylation sites is 1. The number of ether oxygens (including phenoxy) is 1. The molecule has 0 spiro atoms. The highest BCUT2D eigenvalue weighted by molar-refractivity contribution is 6.38. The number of fused-ring (bicyclic) bond motifs is 1. The van der Waals surface area contributed by atoms with Gasteiger partial charge in [-0.15, -0.1) is 0 Å². The fourth-order valence-electron chi connectivity index (χ4n) is 3.63. The van der Waals surface area contributed by atoms with Gasteiger partial charge >= 0.3 is 0 Å². The Morgan fingerprint density at radius 3 is 2.88 bits per heavy atom. The quantitative estimate of drug-likeness (QED) is 0.782. The van der Waals surface area contributed by atoms with Gasteiger partial charge in [-0.3, -0.25) is 4.79 Å². The smallest absolute Gasteiger partial charge is 0.272 e. The third-order valence-corrected chi connectivity index (χ3v) is 5.32. The van der Waals surface area contributed by atoms with E-state index in [2.05, 4.69) is 9.97 Å². The van der Waals surface area contributed by atoms with Gasteiger partial charge in [-0.05, 0) is 6.07 Å². The number of amides is 1. The molecule has 3 aromatic rings. The molecule has 2 atom stereocenters. The number of carbonyl (C=O) groups is 1. The van der Waals surface area contributed by atoms with E-state index in [1.54, 1.807) is 24.4 Å². The molecule has 6 nitrogen and oxygen atoms in total. The van der Waals surface area contributed by atoms with E-state index in [0.29, 0.717) is 23.7 Å². The van der Waals surface area contributed by atoms with Gasteiger partial charge in [0.2, 0.25) is 0 Å². The fraction of sp³-hybridized carbons (Fsp3) is 0.333. The number of methoxy groups -OCH3 is 1. The molecule has 7 heteroatoms. The number of H-pyrrole nitrogens is 1. The first kappa shape index (κ1) is 16.2. The van der Waals surface area contributed by atoms with E-state index in [1.807, 2.05) is 35.9 Å². The number of nitrogens with one attached hydrogen (secondary N) is 1. The molecule has 0 saturated carbocycles. The van der Waals surface area contributed by atoms with Crippen molar-refractivity contribution < 1.29 is 9.53 Å². The Labute approximate surface area is 150 Å². The van der Waals surface area contributed by atoms with Crippen LogP contribution in [-0.2, 0) is 11.8 Å². The number of rotatable bonds is 3. The van der Waals surface area contributed by atoms with Crippen molar-refractivity contribution in [1.82, 2.24) is 19.4 Å². The summed E-state index contributed by atoms with van der Waals surface area (Å²) in [6.07, 6.45) is 4.15. The molecule has 1 fully saturated rings. The normalized spacial score (nSPS) is 20.5. The van der Waals surface area contributed by atoms with Crippen LogP contribution in [0.1, 0.15) is 28.8 Å². The van der Waals surface area contributed by atoms with Crippen LogP contribution < -0.4 is 0 Å². The molecule has 1 unspecified atom stereocenters. The molecule has 3 heterocycles. The maximum Gasteiger partial charge on any atom is 0.272 e.